The molecule has 4 heteroatoms. The van der Waals surface area contributed by atoms with E-state index < -0.39 is 6.10 Å². The normalized spacial score (nSPS) is 13.1. The van der Waals surface area contributed by atoms with Gasteiger partial charge in [-0.25, -0.2) is 0 Å². The van der Waals surface area contributed by atoms with Crippen molar-refractivity contribution in [2.45, 2.75) is 32.9 Å². The summed E-state index contributed by atoms with van der Waals surface area (Å²) in [6.07, 6.45) is 4.52. The number of benzene rings is 1. The Labute approximate surface area is 120 Å². The SMILES string of the molecule is C#CCNC(=O)C(C)Oc1ccc(C(C)NCC)cc1. The molecule has 1 aromatic carbocycles. The average molecular weight is 274 g/mol. The molecule has 0 spiro atoms. The van der Waals surface area contributed by atoms with Crippen LogP contribution in [0.2, 0.25) is 0 Å². The second-order valence-electron chi connectivity index (χ2n) is 4.53. The molecule has 0 aliphatic rings. The maximum atomic E-state index is 11.6. The Kier molecular flexibility index (Phi) is 6.61. The minimum atomic E-state index is -0.569. The maximum Gasteiger partial charge on any atom is 0.261 e. The number of hydrogen-bond donors (Lipinski definition) is 2. The topological polar surface area (TPSA) is 50.4 Å². The van der Waals surface area contributed by atoms with Crippen molar-refractivity contribution in [3.8, 4) is 18.1 Å². The first kappa shape index (κ1) is 16.1. The first-order valence-electron chi connectivity index (χ1n) is 6.79. The molecule has 108 valence electrons. The lowest BCUT2D eigenvalue weighted by atomic mass is 10.1. The van der Waals surface area contributed by atoms with Crippen molar-refractivity contribution >= 4 is 5.91 Å². The molecule has 0 saturated carbocycles. The van der Waals surface area contributed by atoms with Gasteiger partial charge in [0, 0.05) is 6.04 Å². The van der Waals surface area contributed by atoms with Gasteiger partial charge >= 0.3 is 0 Å². The van der Waals surface area contributed by atoms with E-state index in [2.05, 4.69) is 30.4 Å². The second kappa shape index (κ2) is 8.23. The van der Waals surface area contributed by atoms with Gasteiger partial charge in [-0.15, -0.1) is 6.42 Å². The maximum absolute atomic E-state index is 11.6. The average Bonchev–Trinajstić information content (AvgIpc) is 2.45. The van der Waals surface area contributed by atoms with Crippen LogP contribution >= 0.6 is 0 Å². The number of ether oxygens (including phenoxy) is 1. The van der Waals surface area contributed by atoms with E-state index in [0.29, 0.717) is 11.8 Å². The number of rotatable bonds is 7. The summed E-state index contributed by atoms with van der Waals surface area (Å²) in [4.78, 5) is 11.6. The molecule has 1 rings (SSSR count). The molecule has 0 aliphatic heterocycles. The summed E-state index contributed by atoms with van der Waals surface area (Å²) in [6.45, 7) is 7.01. The van der Waals surface area contributed by atoms with E-state index in [-0.39, 0.29) is 12.5 Å². The Hall–Kier alpha value is -1.99. The molecule has 20 heavy (non-hydrogen) atoms. The number of carbonyl (C=O) groups excluding carboxylic acids is 1. The summed E-state index contributed by atoms with van der Waals surface area (Å²) < 4.78 is 5.57. The Morgan fingerprint density at radius 2 is 2.00 bits per heavy atom. The molecule has 4 nitrogen and oxygen atoms in total. The Bertz CT molecular complexity index is 462. The predicted molar refractivity (Wildman–Crippen MR) is 80.5 cm³/mol. The summed E-state index contributed by atoms with van der Waals surface area (Å²) in [6, 6.07) is 8.02. The molecule has 0 bridgehead atoms. The number of hydrogen-bond acceptors (Lipinski definition) is 3. The van der Waals surface area contributed by atoms with Gasteiger partial charge in [0.25, 0.3) is 5.91 Å². The fourth-order valence-electron chi connectivity index (χ4n) is 1.80. The van der Waals surface area contributed by atoms with Crippen LogP contribution in [-0.4, -0.2) is 25.1 Å². The highest BCUT2D eigenvalue weighted by atomic mass is 16.5. The first-order chi connectivity index (χ1) is 9.58. The third-order valence-electron chi connectivity index (χ3n) is 2.94. The molecular weight excluding hydrogens is 252 g/mol. The molecule has 1 aromatic rings. The summed E-state index contributed by atoms with van der Waals surface area (Å²) in [5.74, 6) is 2.81. The fourth-order valence-corrected chi connectivity index (χ4v) is 1.80. The van der Waals surface area contributed by atoms with Crippen LogP contribution in [0.5, 0.6) is 5.75 Å². The van der Waals surface area contributed by atoms with Gasteiger partial charge in [0.1, 0.15) is 5.75 Å². The van der Waals surface area contributed by atoms with Gasteiger partial charge in [-0.3, -0.25) is 4.79 Å². The van der Waals surface area contributed by atoms with Crippen molar-refractivity contribution in [3.05, 3.63) is 29.8 Å². The van der Waals surface area contributed by atoms with Crippen LogP contribution in [0.3, 0.4) is 0 Å². The van der Waals surface area contributed by atoms with Gasteiger partial charge in [-0.05, 0) is 38.1 Å². The van der Waals surface area contributed by atoms with Crippen molar-refractivity contribution in [2.24, 2.45) is 0 Å². The fraction of sp³-hybridized carbons (Fsp3) is 0.438. The number of terminal acetylenes is 1. The first-order valence-corrected chi connectivity index (χ1v) is 6.79. The van der Waals surface area contributed by atoms with Crippen LogP contribution < -0.4 is 15.4 Å². The van der Waals surface area contributed by atoms with Crippen LogP contribution in [-0.2, 0) is 4.79 Å². The van der Waals surface area contributed by atoms with E-state index in [1.54, 1.807) is 6.92 Å². The molecule has 0 heterocycles. The van der Waals surface area contributed by atoms with Crippen LogP contribution in [0.4, 0.5) is 0 Å². The van der Waals surface area contributed by atoms with E-state index in [4.69, 9.17) is 11.2 Å². The zero-order valence-corrected chi connectivity index (χ0v) is 12.3. The smallest absolute Gasteiger partial charge is 0.261 e. The second-order valence-corrected chi connectivity index (χ2v) is 4.53. The Morgan fingerprint density at radius 3 is 2.55 bits per heavy atom. The molecule has 0 saturated heterocycles. The largest absolute Gasteiger partial charge is 0.481 e. The number of carbonyl (C=O) groups is 1. The van der Waals surface area contributed by atoms with Gasteiger partial charge in [0.05, 0.1) is 6.54 Å². The minimum absolute atomic E-state index is 0.214. The number of amides is 1. The van der Waals surface area contributed by atoms with E-state index in [0.717, 1.165) is 6.54 Å². The third kappa shape index (κ3) is 4.94. The predicted octanol–water partition coefficient (Wildman–Crippen LogP) is 1.87. The molecule has 2 unspecified atom stereocenters. The molecule has 0 fully saturated rings. The number of nitrogens with one attached hydrogen (secondary N) is 2. The molecule has 2 atom stereocenters. The molecule has 0 radical (unpaired) electrons. The highest BCUT2D eigenvalue weighted by Gasteiger charge is 2.13. The van der Waals surface area contributed by atoms with Crippen LogP contribution in [0.15, 0.2) is 24.3 Å². The van der Waals surface area contributed by atoms with Crippen LogP contribution in [0.25, 0.3) is 0 Å². The summed E-state index contributed by atoms with van der Waals surface area (Å²) in [7, 11) is 0. The zero-order chi connectivity index (χ0) is 15.0. The lowest BCUT2D eigenvalue weighted by molar-refractivity contribution is -0.126. The monoisotopic (exact) mass is 274 g/mol. The lowest BCUT2D eigenvalue weighted by Crippen LogP contribution is -2.36. The van der Waals surface area contributed by atoms with E-state index in [1.165, 1.54) is 5.56 Å². The molecule has 2 N–H and O–H groups in total. The minimum Gasteiger partial charge on any atom is -0.481 e. The summed E-state index contributed by atoms with van der Waals surface area (Å²) in [5.41, 5.74) is 1.18. The quantitative estimate of drug-likeness (QED) is 0.746. The van der Waals surface area contributed by atoms with Gasteiger partial charge in [-0.1, -0.05) is 25.0 Å². The van der Waals surface area contributed by atoms with Gasteiger partial charge in [0.2, 0.25) is 0 Å². The van der Waals surface area contributed by atoms with Crippen molar-refractivity contribution in [3.63, 3.8) is 0 Å². The molecule has 0 aliphatic carbocycles. The van der Waals surface area contributed by atoms with Crippen LogP contribution in [0, 0.1) is 12.3 Å². The molecule has 0 aromatic heterocycles. The van der Waals surface area contributed by atoms with Crippen molar-refractivity contribution in [1.82, 2.24) is 10.6 Å². The molecular formula is C16H22N2O2. The third-order valence-corrected chi connectivity index (χ3v) is 2.94. The van der Waals surface area contributed by atoms with E-state index >= 15 is 0 Å². The Balaban J connectivity index is 2.57. The van der Waals surface area contributed by atoms with Gasteiger partial charge in [-0.2, -0.15) is 0 Å². The van der Waals surface area contributed by atoms with Gasteiger partial charge < -0.3 is 15.4 Å². The van der Waals surface area contributed by atoms with E-state index in [9.17, 15) is 4.79 Å². The van der Waals surface area contributed by atoms with Gasteiger partial charge in [0.15, 0.2) is 6.10 Å². The highest BCUT2D eigenvalue weighted by Crippen LogP contribution is 2.18. The highest BCUT2D eigenvalue weighted by molar-refractivity contribution is 5.80. The summed E-state index contributed by atoms with van der Waals surface area (Å²) in [5, 5.41) is 5.93. The van der Waals surface area contributed by atoms with Crippen molar-refractivity contribution < 1.29 is 9.53 Å². The van der Waals surface area contributed by atoms with Crippen LogP contribution in [0.1, 0.15) is 32.4 Å². The Morgan fingerprint density at radius 1 is 1.35 bits per heavy atom. The summed E-state index contributed by atoms with van der Waals surface area (Å²) >= 11 is 0. The van der Waals surface area contributed by atoms with Crippen molar-refractivity contribution in [2.75, 3.05) is 13.1 Å². The van der Waals surface area contributed by atoms with E-state index in [1.807, 2.05) is 24.3 Å². The zero-order valence-electron chi connectivity index (χ0n) is 12.3. The molecule has 1 amide bonds. The lowest BCUT2D eigenvalue weighted by Gasteiger charge is -2.16. The standard InChI is InChI=1S/C16H22N2O2/c1-5-11-18-16(19)13(4)20-15-9-7-14(8-10-15)12(3)17-6-2/h1,7-10,12-13,17H,6,11H2,2-4H3,(H,18,19). The van der Waals surface area contributed by atoms with Crippen molar-refractivity contribution in [1.29, 1.82) is 0 Å².